The van der Waals surface area contributed by atoms with E-state index in [1.54, 1.807) is 0 Å². The minimum absolute atomic E-state index is 0.401. The van der Waals surface area contributed by atoms with Gasteiger partial charge in [0.2, 0.25) is 0 Å². The number of aliphatic hydroxyl groups excluding tert-OH is 1. The van der Waals surface area contributed by atoms with Crippen molar-refractivity contribution in [2.75, 3.05) is 13.2 Å². The lowest BCUT2D eigenvalue weighted by molar-refractivity contribution is -0.0523. The quantitative estimate of drug-likeness (QED) is 0.707. The highest BCUT2D eigenvalue weighted by atomic mass is 16.5. The molecule has 1 heterocycles. The van der Waals surface area contributed by atoms with Gasteiger partial charge in [0.05, 0.1) is 18.8 Å². The van der Waals surface area contributed by atoms with Crippen molar-refractivity contribution in [3.8, 4) is 6.07 Å². The van der Waals surface area contributed by atoms with Gasteiger partial charge in [0.25, 0.3) is 0 Å². The Bertz CT molecular complexity index is 229. The third-order valence-electron chi connectivity index (χ3n) is 3.46. The molecule has 3 heteroatoms. The van der Waals surface area contributed by atoms with Crippen LogP contribution in [-0.4, -0.2) is 24.4 Å². The average molecular weight is 225 g/mol. The normalized spacial score (nSPS) is 27.3. The van der Waals surface area contributed by atoms with E-state index in [2.05, 4.69) is 13.0 Å². The summed E-state index contributed by atoms with van der Waals surface area (Å²) in [6.07, 6.45) is 6.45. The summed E-state index contributed by atoms with van der Waals surface area (Å²) >= 11 is 0. The maximum Gasteiger partial charge on any atom is 0.106 e. The lowest BCUT2D eigenvalue weighted by atomic mass is 9.77. The fraction of sp³-hybridized carbons (Fsp3) is 0.923. The molecule has 3 nitrogen and oxygen atoms in total. The molecule has 0 saturated carbocycles. The Morgan fingerprint density at radius 2 is 2.25 bits per heavy atom. The van der Waals surface area contributed by atoms with Crippen LogP contribution in [0, 0.1) is 16.7 Å². The molecule has 0 aromatic rings. The third-order valence-corrected chi connectivity index (χ3v) is 3.46. The molecule has 16 heavy (non-hydrogen) atoms. The van der Waals surface area contributed by atoms with Crippen molar-refractivity contribution in [1.82, 2.24) is 0 Å². The Balaban J connectivity index is 2.37. The first kappa shape index (κ1) is 13.5. The molecule has 92 valence electrons. The second-order valence-corrected chi connectivity index (χ2v) is 4.79. The zero-order valence-corrected chi connectivity index (χ0v) is 10.2. The van der Waals surface area contributed by atoms with Crippen molar-refractivity contribution in [2.45, 2.75) is 58.0 Å². The standard InChI is InChI=1S/C13H23NO2/c1-2-3-4-5-7-12(15)13(10-14)8-6-9-16-11-13/h12,15H,2-9,11H2,1H3. The number of unbranched alkanes of at least 4 members (excludes halogenated alkanes) is 3. The lowest BCUT2D eigenvalue weighted by Crippen LogP contribution is -2.41. The van der Waals surface area contributed by atoms with Crippen LogP contribution in [0.1, 0.15) is 51.9 Å². The lowest BCUT2D eigenvalue weighted by Gasteiger charge is -2.34. The van der Waals surface area contributed by atoms with E-state index in [9.17, 15) is 10.4 Å². The first-order valence-electron chi connectivity index (χ1n) is 6.42. The summed E-state index contributed by atoms with van der Waals surface area (Å²) in [5, 5.41) is 19.3. The molecule has 0 aromatic heterocycles. The molecule has 0 aliphatic carbocycles. The molecule has 0 aromatic carbocycles. The number of aliphatic hydroxyl groups is 1. The highest BCUT2D eigenvalue weighted by molar-refractivity contribution is 5.04. The van der Waals surface area contributed by atoms with Gasteiger partial charge in [0.15, 0.2) is 0 Å². The van der Waals surface area contributed by atoms with E-state index in [1.165, 1.54) is 12.8 Å². The van der Waals surface area contributed by atoms with Crippen LogP contribution in [0.4, 0.5) is 0 Å². The number of hydrogen-bond donors (Lipinski definition) is 1. The van der Waals surface area contributed by atoms with Crippen LogP contribution in [0.5, 0.6) is 0 Å². The predicted molar refractivity (Wildman–Crippen MR) is 62.9 cm³/mol. The van der Waals surface area contributed by atoms with Crippen LogP contribution in [0.3, 0.4) is 0 Å². The maximum absolute atomic E-state index is 10.1. The largest absolute Gasteiger partial charge is 0.391 e. The van der Waals surface area contributed by atoms with Gasteiger partial charge in [-0.2, -0.15) is 5.26 Å². The summed E-state index contributed by atoms with van der Waals surface area (Å²) < 4.78 is 5.34. The fourth-order valence-corrected chi connectivity index (χ4v) is 2.28. The van der Waals surface area contributed by atoms with Crippen LogP contribution < -0.4 is 0 Å². The van der Waals surface area contributed by atoms with Crippen molar-refractivity contribution in [3.05, 3.63) is 0 Å². The van der Waals surface area contributed by atoms with E-state index in [0.29, 0.717) is 6.61 Å². The number of nitrogens with zero attached hydrogens (tertiary/aromatic N) is 1. The Labute approximate surface area is 98.4 Å². The SMILES string of the molecule is CCCCCCC(O)C1(C#N)CCCOC1. The Morgan fingerprint density at radius 1 is 1.44 bits per heavy atom. The van der Waals surface area contributed by atoms with E-state index in [0.717, 1.165) is 38.7 Å². The highest BCUT2D eigenvalue weighted by Gasteiger charge is 2.39. The third kappa shape index (κ3) is 3.47. The summed E-state index contributed by atoms with van der Waals surface area (Å²) in [7, 11) is 0. The maximum atomic E-state index is 10.1. The van der Waals surface area contributed by atoms with Crippen molar-refractivity contribution >= 4 is 0 Å². The van der Waals surface area contributed by atoms with Gasteiger partial charge < -0.3 is 9.84 Å². The van der Waals surface area contributed by atoms with E-state index in [1.807, 2.05) is 0 Å². The van der Waals surface area contributed by atoms with Gasteiger partial charge in [-0.3, -0.25) is 0 Å². The molecule has 0 amide bonds. The molecule has 2 unspecified atom stereocenters. The van der Waals surface area contributed by atoms with Gasteiger partial charge in [-0.05, 0) is 19.3 Å². The highest BCUT2D eigenvalue weighted by Crippen LogP contribution is 2.33. The van der Waals surface area contributed by atoms with Crippen LogP contribution in [0.2, 0.25) is 0 Å². The van der Waals surface area contributed by atoms with Crippen LogP contribution in [-0.2, 0) is 4.74 Å². The average Bonchev–Trinajstić information content (AvgIpc) is 2.35. The number of hydrogen-bond acceptors (Lipinski definition) is 3. The van der Waals surface area contributed by atoms with Gasteiger partial charge in [0, 0.05) is 6.61 Å². The number of nitriles is 1. The van der Waals surface area contributed by atoms with Crippen LogP contribution >= 0.6 is 0 Å². The number of ether oxygens (including phenoxy) is 1. The summed E-state index contributed by atoms with van der Waals surface area (Å²) in [5.74, 6) is 0. The van der Waals surface area contributed by atoms with Crippen LogP contribution in [0.15, 0.2) is 0 Å². The first-order chi connectivity index (χ1) is 7.75. The summed E-state index contributed by atoms with van der Waals surface area (Å²) in [4.78, 5) is 0. The zero-order valence-electron chi connectivity index (χ0n) is 10.2. The van der Waals surface area contributed by atoms with Crippen molar-refractivity contribution < 1.29 is 9.84 Å². The monoisotopic (exact) mass is 225 g/mol. The second kappa shape index (κ2) is 6.88. The van der Waals surface area contributed by atoms with Gasteiger partial charge in [-0.15, -0.1) is 0 Å². The molecule has 1 rings (SSSR count). The smallest absolute Gasteiger partial charge is 0.106 e. The van der Waals surface area contributed by atoms with Crippen molar-refractivity contribution in [2.24, 2.45) is 5.41 Å². The van der Waals surface area contributed by atoms with E-state index < -0.39 is 11.5 Å². The molecule has 0 spiro atoms. The molecule has 1 fully saturated rings. The summed E-state index contributed by atoms with van der Waals surface area (Å²) in [6.45, 7) is 3.30. The van der Waals surface area contributed by atoms with Gasteiger partial charge in [-0.1, -0.05) is 32.6 Å². The minimum atomic E-state index is -0.634. The molecule has 1 N–H and O–H groups in total. The topological polar surface area (TPSA) is 53.2 Å². The van der Waals surface area contributed by atoms with Gasteiger partial charge in [0.1, 0.15) is 5.41 Å². The molecular weight excluding hydrogens is 202 g/mol. The molecule has 0 bridgehead atoms. The second-order valence-electron chi connectivity index (χ2n) is 4.79. The van der Waals surface area contributed by atoms with Gasteiger partial charge in [-0.25, -0.2) is 0 Å². The predicted octanol–water partition coefficient (Wildman–Crippen LogP) is 2.64. The fourth-order valence-electron chi connectivity index (χ4n) is 2.28. The first-order valence-corrected chi connectivity index (χ1v) is 6.42. The summed E-state index contributed by atoms with van der Waals surface area (Å²) in [5.41, 5.74) is -0.634. The molecule has 2 atom stereocenters. The number of rotatable bonds is 6. The van der Waals surface area contributed by atoms with E-state index in [-0.39, 0.29) is 0 Å². The Morgan fingerprint density at radius 3 is 2.81 bits per heavy atom. The van der Waals surface area contributed by atoms with E-state index in [4.69, 9.17) is 4.74 Å². The molecule has 1 aliphatic rings. The Kier molecular flexibility index (Phi) is 5.79. The van der Waals surface area contributed by atoms with Crippen LogP contribution in [0.25, 0.3) is 0 Å². The minimum Gasteiger partial charge on any atom is -0.391 e. The molecule has 1 aliphatic heterocycles. The summed E-state index contributed by atoms with van der Waals surface area (Å²) in [6, 6.07) is 2.28. The zero-order chi connectivity index (χ0) is 11.9. The molecular formula is C13H23NO2. The Hall–Kier alpha value is -0.590. The molecule has 1 saturated heterocycles. The van der Waals surface area contributed by atoms with E-state index >= 15 is 0 Å². The van der Waals surface area contributed by atoms with Crippen molar-refractivity contribution in [1.29, 1.82) is 5.26 Å². The van der Waals surface area contributed by atoms with Crippen molar-refractivity contribution in [3.63, 3.8) is 0 Å². The van der Waals surface area contributed by atoms with Gasteiger partial charge >= 0.3 is 0 Å². The molecule has 0 radical (unpaired) electrons.